The van der Waals surface area contributed by atoms with Gasteiger partial charge in [0.05, 0.1) is 16.7 Å². The van der Waals surface area contributed by atoms with Gasteiger partial charge in [-0.25, -0.2) is 4.68 Å². The van der Waals surface area contributed by atoms with E-state index in [1.54, 1.807) is 12.4 Å². The third kappa shape index (κ3) is 4.04. The van der Waals surface area contributed by atoms with Crippen LogP contribution in [0.2, 0.25) is 0 Å². The molecule has 1 fully saturated rings. The maximum atomic E-state index is 13.1. The van der Waals surface area contributed by atoms with Gasteiger partial charge in [0.1, 0.15) is 17.3 Å². The Balaban J connectivity index is 1.35. The van der Waals surface area contributed by atoms with E-state index < -0.39 is 0 Å². The molecule has 1 saturated heterocycles. The molecule has 2 aliphatic heterocycles. The molecule has 9 heteroatoms. The molecule has 0 bridgehead atoms. The molecular weight excluding hydrogens is 470 g/mol. The predicted molar refractivity (Wildman–Crippen MR) is 127 cm³/mol. The summed E-state index contributed by atoms with van der Waals surface area (Å²) in [4.78, 5) is 19.3. The van der Waals surface area contributed by atoms with Crippen LogP contribution in [0.15, 0.2) is 59.6 Å². The lowest BCUT2D eigenvalue weighted by Gasteiger charge is -2.38. The standard InChI is InChI=1S/C23H26BrN7O/c1-29-9-4-7-20(29)23(32)30-10-3-6-17(15-30)19-11-21(26-13-16-5-2-8-25-12-16)31-22(28-19)18(24)14-27-31/h2,4-5,7-9,11-12,14,17,19,26,28H,3,6,10,13,15H2,1H3. The third-order valence-electron chi connectivity index (χ3n) is 6.21. The molecule has 0 aromatic carbocycles. The maximum Gasteiger partial charge on any atom is 0.270 e. The van der Waals surface area contributed by atoms with Crippen molar-refractivity contribution in [2.24, 2.45) is 13.0 Å². The first kappa shape index (κ1) is 20.8. The van der Waals surface area contributed by atoms with Crippen LogP contribution >= 0.6 is 15.9 Å². The summed E-state index contributed by atoms with van der Waals surface area (Å²) < 4.78 is 4.69. The number of rotatable bonds is 5. The molecule has 5 rings (SSSR count). The molecule has 0 spiro atoms. The van der Waals surface area contributed by atoms with Gasteiger partial charge in [-0.2, -0.15) is 5.10 Å². The number of hydrogen-bond acceptors (Lipinski definition) is 5. The average Bonchev–Trinajstić information content (AvgIpc) is 3.43. The van der Waals surface area contributed by atoms with Crippen molar-refractivity contribution in [2.45, 2.75) is 25.4 Å². The molecule has 0 aliphatic carbocycles. The summed E-state index contributed by atoms with van der Waals surface area (Å²) in [7, 11) is 1.92. The van der Waals surface area contributed by atoms with Gasteiger partial charge in [0.25, 0.3) is 5.91 Å². The number of aromatic nitrogens is 4. The minimum absolute atomic E-state index is 0.0934. The van der Waals surface area contributed by atoms with E-state index in [9.17, 15) is 4.79 Å². The van der Waals surface area contributed by atoms with Gasteiger partial charge < -0.3 is 20.1 Å². The SMILES string of the molecule is Cn1cccc1C(=O)N1CCCC(C2C=C(NCc3cccnc3)n3ncc(Br)c3N2)C1. The molecule has 3 aromatic heterocycles. The molecule has 8 nitrogen and oxygen atoms in total. The van der Waals surface area contributed by atoms with Gasteiger partial charge >= 0.3 is 0 Å². The van der Waals surface area contributed by atoms with Crippen LogP contribution in [0.3, 0.4) is 0 Å². The van der Waals surface area contributed by atoms with Crippen LogP contribution in [-0.4, -0.2) is 49.3 Å². The Labute approximate surface area is 195 Å². The predicted octanol–water partition coefficient (Wildman–Crippen LogP) is 3.31. The summed E-state index contributed by atoms with van der Waals surface area (Å²) in [6, 6.07) is 7.89. The molecule has 5 heterocycles. The van der Waals surface area contributed by atoms with Gasteiger partial charge in [-0.3, -0.25) is 9.78 Å². The Hall–Kier alpha value is -3.07. The first-order chi connectivity index (χ1) is 15.6. The van der Waals surface area contributed by atoms with Crippen molar-refractivity contribution in [1.82, 2.24) is 29.5 Å². The van der Waals surface area contributed by atoms with Gasteiger partial charge in [-0.1, -0.05) is 6.07 Å². The molecule has 2 aliphatic rings. The lowest BCUT2D eigenvalue weighted by Crippen LogP contribution is -2.46. The van der Waals surface area contributed by atoms with Crippen LogP contribution in [0.25, 0.3) is 5.82 Å². The number of nitrogens with zero attached hydrogens (tertiary/aromatic N) is 5. The molecule has 166 valence electrons. The number of fused-ring (bicyclic) bond motifs is 1. The van der Waals surface area contributed by atoms with Crippen molar-refractivity contribution < 1.29 is 4.79 Å². The van der Waals surface area contributed by atoms with Crippen molar-refractivity contribution in [1.29, 1.82) is 0 Å². The summed E-state index contributed by atoms with van der Waals surface area (Å²) in [5, 5.41) is 11.7. The number of piperidine rings is 1. The zero-order chi connectivity index (χ0) is 22.1. The molecule has 2 atom stereocenters. The largest absolute Gasteiger partial charge is 0.366 e. The van der Waals surface area contributed by atoms with E-state index in [0.29, 0.717) is 12.5 Å². The van der Waals surface area contributed by atoms with E-state index in [1.807, 2.05) is 57.9 Å². The number of aryl methyl sites for hydroxylation is 1. The zero-order valence-corrected chi connectivity index (χ0v) is 19.5. The Bertz CT molecular complexity index is 1140. The van der Waals surface area contributed by atoms with Crippen LogP contribution in [0.5, 0.6) is 0 Å². The highest BCUT2D eigenvalue weighted by Crippen LogP contribution is 2.33. The Morgan fingerprint density at radius 2 is 2.22 bits per heavy atom. The maximum absolute atomic E-state index is 13.1. The lowest BCUT2D eigenvalue weighted by atomic mass is 9.89. The van der Waals surface area contributed by atoms with Crippen molar-refractivity contribution >= 4 is 33.5 Å². The van der Waals surface area contributed by atoms with E-state index in [2.05, 4.69) is 42.7 Å². The minimum Gasteiger partial charge on any atom is -0.366 e. The third-order valence-corrected chi connectivity index (χ3v) is 6.79. The number of carbonyl (C=O) groups excluding carboxylic acids is 1. The van der Waals surface area contributed by atoms with Crippen LogP contribution in [0, 0.1) is 5.92 Å². The summed E-state index contributed by atoms with van der Waals surface area (Å²) in [5.41, 5.74) is 1.84. The number of carbonyl (C=O) groups is 1. The van der Waals surface area contributed by atoms with Crippen LogP contribution in [-0.2, 0) is 13.6 Å². The molecule has 2 N–H and O–H groups in total. The number of pyridine rings is 1. The Morgan fingerprint density at radius 1 is 1.31 bits per heavy atom. The topological polar surface area (TPSA) is 80.0 Å². The van der Waals surface area contributed by atoms with Crippen LogP contribution in [0.1, 0.15) is 28.9 Å². The van der Waals surface area contributed by atoms with Crippen LogP contribution < -0.4 is 10.6 Å². The Kier molecular flexibility index (Phi) is 5.73. The first-order valence-corrected chi connectivity index (χ1v) is 11.6. The van der Waals surface area contributed by atoms with E-state index >= 15 is 0 Å². The van der Waals surface area contributed by atoms with Crippen molar-refractivity contribution in [3.05, 3.63) is 70.9 Å². The highest BCUT2D eigenvalue weighted by atomic mass is 79.9. The fourth-order valence-corrected chi connectivity index (χ4v) is 4.87. The number of likely N-dealkylation sites (tertiary alicyclic amines) is 1. The summed E-state index contributed by atoms with van der Waals surface area (Å²) in [6.45, 7) is 2.18. The zero-order valence-electron chi connectivity index (χ0n) is 17.9. The first-order valence-electron chi connectivity index (χ1n) is 10.9. The second kappa shape index (κ2) is 8.82. The summed E-state index contributed by atoms with van der Waals surface area (Å²) in [5.74, 6) is 2.27. The number of nitrogens with one attached hydrogen (secondary N) is 2. The van der Waals surface area contributed by atoms with Gasteiger partial charge in [-0.15, -0.1) is 0 Å². The number of amides is 1. The molecule has 32 heavy (non-hydrogen) atoms. The fraction of sp³-hybridized carbons (Fsp3) is 0.348. The molecule has 1 amide bonds. The van der Waals surface area contributed by atoms with E-state index in [0.717, 1.165) is 53.3 Å². The highest BCUT2D eigenvalue weighted by Gasteiger charge is 2.33. The average molecular weight is 496 g/mol. The molecule has 2 unspecified atom stereocenters. The second-order valence-electron chi connectivity index (χ2n) is 8.35. The molecule has 0 saturated carbocycles. The smallest absolute Gasteiger partial charge is 0.270 e. The molecule has 0 radical (unpaired) electrons. The summed E-state index contributed by atoms with van der Waals surface area (Å²) in [6.07, 6.45) is 11.6. The van der Waals surface area contributed by atoms with Gasteiger partial charge in [0, 0.05) is 51.2 Å². The number of hydrogen-bond donors (Lipinski definition) is 2. The fourth-order valence-electron chi connectivity index (χ4n) is 4.50. The van der Waals surface area contributed by atoms with E-state index in [1.165, 1.54) is 0 Å². The van der Waals surface area contributed by atoms with E-state index in [4.69, 9.17) is 0 Å². The monoisotopic (exact) mass is 495 g/mol. The van der Waals surface area contributed by atoms with Crippen molar-refractivity contribution in [3.8, 4) is 0 Å². The van der Waals surface area contributed by atoms with Crippen molar-refractivity contribution in [3.63, 3.8) is 0 Å². The molecular formula is C23H26BrN7O. The van der Waals surface area contributed by atoms with Crippen LogP contribution in [0.4, 0.5) is 5.82 Å². The second-order valence-corrected chi connectivity index (χ2v) is 9.20. The minimum atomic E-state index is 0.0934. The number of halogens is 1. The van der Waals surface area contributed by atoms with Gasteiger partial charge in [0.15, 0.2) is 0 Å². The van der Waals surface area contributed by atoms with Crippen molar-refractivity contribution in [2.75, 3.05) is 18.4 Å². The van der Waals surface area contributed by atoms with E-state index in [-0.39, 0.29) is 11.9 Å². The Morgan fingerprint density at radius 3 is 3.00 bits per heavy atom. The number of anilines is 1. The normalized spacial score (nSPS) is 20.3. The lowest BCUT2D eigenvalue weighted by molar-refractivity contribution is 0.0659. The van der Waals surface area contributed by atoms with Gasteiger partial charge in [-0.05, 0) is 58.6 Å². The van der Waals surface area contributed by atoms with Gasteiger partial charge in [0.2, 0.25) is 0 Å². The quantitative estimate of drug-likeness (QED) is 0.567. The summed E-state index contributed by atoms with van der Waals surface area (Å²) >= 11 is 3.62. The highest BCUT2D eigenvalue weighted by molar-refractivity contribution is 9.10. The molecule has 3 aromatic rings.